The number of halogens is 1. The van der Waals surface area contributed by atoms with Gasteiger partial charge in [0.05, 0.1) is 11.0 Å². The lowest BCUT2D eigenvalue weighted by Gasteiger charge is -2.23. The third-order valence-electron chi connectivity index (χ3n) is 1.40. The second kappa shape index (κ2) is 2.16. The van der Waals surface area contributed by atoms with Crippen molar-refractivity contribution in [3.8, 4) is 0 Å². The van der Waals surface area contributed by atoms with E-state index in [9.17, 15) is 0 Å². The monoisotopic (exact) mass is 144 g/mol. The molecule has 0 saturated carbocycles. The van der Waals surface area contributed by atoms with Crippen LogP contribution >= 0.6 is 11.6 Å². The van der Waals surface area contributed by atoms with Crippen LogP contribution in [0.1, 0.15) is 6.92 Å². The lowest BCUT2D eigenvalue weighted by Crippen LogP contribution is -2.30. The van der Waals surface area contributed by atoms with Crippen LogP contribution in [0.4, 0.5) is 0 Å². The van der Waals surface area contributed by atoms with Crippen LogP contribution in [0, 0.1) is 0 Å². The molecule has 1 nitrogen and oxygen atoms in total. The molecule has 50 valence electrons. The maximum atomic E-state index is 9.17. The molecule has 1 N–H and O–H groups in total. The lowest BCUT2D eigenvalue weighted by molar-refractivity contribution is 0.196. The van der Waals surface area contributed by atoms with Crippen molar-refractivity contribution in [1.29, 1.82) is 0 Å². The van der Waals surface area contributed by atoms with Crippen molar-refractivity contribution >= 4 is 11.6 Å². The van der Waals surface area contributed by atoms with E-state index in [1.54, 1.807) is 25.2 Å². The lowest BCUT2D eigenvalue weighted by atomic mass is 9.99. The van der Waals surface area contributed by atoms with Crippen LogP contribution < -0.4 is 0 Å². The summed E-state index contributed by atoms with van der Waals surface area (Å²) in [6.07, 6.45) is 6.52. The van der Waals surface area contributed by atoms with Crippen molar-refractivity contribution in [1.82, 2.24) is 0 Å². The molecule has 0 bridgehead atoms. The first-order valence-corrected chi connectivity index (χ1v) is 3.24. The van der Waals surface area contributed by atoms with Crippen LogP contribution in [0.5, 0.6) is 0 Å². The molecule has 0 aliphatic heterocycles. The number of hydrogen-bond acceptors (Lipinski definition) is 1. The summed E-state index contributed by atoms with van der Waals surface area (Å²) in [5, 5.41) is 9.17. The van der Waals surface area contributed by atoms with Crippen LogP contribution in [0.25, 0.3) is 0 Å². The minimum atomic E-state index is -0.602. The number of allylic oxidation sites excluding steroid dienone is 2. The molecule has 2 heteroatoms. The summed E-state index contributed by atoms with van der Waals surface area (Å²) in [5.41, 5.74) is 0. The van der Waals surface area contributed by atoms with Crippen molar-refractivity contribution in [2.45, 2.75) is 17.9 Å². The molecule has 0 radical (unpaired) electrons. The van der Waals surface area contributed by atoms with Gasteiger partial charge in [0, 0.05) is 0 Å². The van der Waals surface area contributed by atoms with Crippen molar-refractivity contribution in [3.63, 3.8) is 0 Å². The first-order valence-electron chi connectivity index (χ1n) is 2.86. The Kier molecular flexibility index (Phi) is 1.64. The fourth-order valence-corrected chi connectivity index (χ4v) is 0.845. The van der Waals surface area contributed by atoms with E-state index in [1.165, 1.54) is 0 Å². The van der Waals surface area contributed by atoms with E-state index in [1.807, 2.05) is 6.08 Å². The number of alkyl halides is 1. The molecule has 2 atom stereocenters. The van der Waals surface area contributed by atoms with Crippen molar-refractivity contribution in [2.75, 3.05) is 0 Å². The van der Waals surface area contributed by atoms with Gasteiger partial charge in [-0.25, -0.2) is 0 Å². The Labute approximate surface area is 59.6 Å². The maximum absolute atomic E-state index is 9.17. The van der Waals surface area contributed by atoms with E-state index >= 15 is 0 Å². The average molecular weight is 145 g/mol. The Morgan fingerprint density at radius 1 is 1.56 bits per heavy atom. The standard InChI is InChI=1S/C7H9ClO/c1-7(8)5-3-2-4-6(7)9/h2-6,9H,1H3. The van der Waals surface area contributed by atoms with Gasteiger partial charge in [0.25, 0.3) is 0 Å². The minimum absolute atomic E-state index is 0.552. The second-order valence-electron chi connectivity index (χ2n) is 2.34. The van der Waals surface area contributed by atoms with Gasteiger partial charge in [-0.05, 0) is 6.92 Å². The molecule has 0 heterocycles. The van der Waals surface area contributed by atoms with Gasteiger partial charge in [-0.2, -0.15) is 0 Å². The van der Waals surface area contributed by atoms with Crippen LogP contribution in [0.3, 0.4) is 0 Å². The second-order valence-corrected chi connectivity index (χ2v) is 3.15. The van der Waals surface area contributed by atoms with Gasteiger partial charge in [0.1, 0.15) is 0 Å². The van der Waals surface area contributed by atoms with Gasteiger partial charge in [0.2, 0.25) is 0 Å². The molecule has 0 amide bonds. The molecule has 0 spiro atoms. The summed E-state index contributed by atoms with van der Waals surface area (Å²) in [6.45, 7) is 1.78. The molecule has 0 saturated heterocycles. The third kappa shape index (κ3) is 1.35. The highest BCUT2D eigenvalue weighted by molar-refractivity contribution is 6.25. The molecular weight excluding hydrogens is 136 g/mol. The Balaban J connectivity index is 2.78. The number of aliphatic hydroxyl groups excluding tert-OH is 1. The third-order valence-corrected chi connectivity index (χ3v) is 1.75. The minimum Gasteiger partial charge on any atom is -0.387 e. The summed E-state index contributed by atoms with van der Waals surface area (Å²) in [6, 6.07) is 0. The molecule has 1 rings (SSSR count). The quantitative estimate of drug-likeness (QED) is 0.511. The zero-order valence-corrected chi connectivity index (χ0v) is 5.97. The molecule has 0 aromatic rings. The normalized spacial score (nSPS) is 41.4. The van der Waals surface area contributed by atoms with Crippen molar-refractivity contribution in [2.24, 2.45) is 0 Å². The highest BCUT2D eigenvalue weighted by Crippen LogP contribution is 2.24. The molecule has 0 fully saturated rings. The van der Waals surface area contributed by atoms with Gasteiger partial charge >= 0.3 is 0 Å². The predicted octanol–water partition coefficient (Wildman–Crippen LogP) is 1.47. The zero-order chi connectivity index (χ0) is 6.91. The Hall–Kier alpha value is -0.270. The fraction of sp³-hybridized carbons (Fsp3) is 0.429. The van der Waals surface area contributed by atoms with Crippen molar-refractivity contribution in [3.05, 3.63) is 24.3 Å². The summed E-state index contributed by atoms with van der Waals surface area (Å²) >= 11 is 5.83. The fourth-order valence-electron chi connectivity index (χ4n) is 0.700. The molecule has 9 heavy (non-hydrogen) atoms. The number of rotatable bonds is 0. The van der Waals surface area contributed by atoms with Crippen LogP contribution in [-0.4, -0.2) is 16.1 Å². The zero-order valence-electron chi connectivity index (χ0n) is 5.21. The number of aliphatic hydroxyl groups is 1. The Bertz CT molecular complexity index is 158. The first kappa shape index (κ1) is 6.84. The van der Waals surface area contributed by atoms with Crippen LogP contribution in [0.15, 0.2) is 24.3 Å². The van der Waals surface area contributed by atoms with E-state index in [-0.39, 0.29) is 0 Å². The van der Waals surface area contributed by atoms with Gasteiger partial charge in [-0.15, -0.1) is 11.6 Å². The van der Waals surface area contributed by atoms with E-state index in [4.69, 9.17) is 16.7 Å². The van der Waals surface area contributed by atoms with E-state index < -0.39 is 11.0 Å². The SMILES string of the molecule is CC1(Cl)C=CC=CC1O. The summed E-state index contributed by atoms with van der Waals surface area (Å²) in [4.78, 5) is -0.602. The molecular formula is C7H9ClO. The highest BCUT2D eigenvalue weighted by Gasteiger charge is 2.26. The summed E-state index contributed by atoms with van der Waals surface area (Å²) in [5.74, 6) is 0. The molecule has 0 aromatic heterocycles. The van der Waals surface area contributed by atoms with E-state index in [0.29, 0.717) is 0 Å². The highest BCUT2D eigenvalue weighted by atomic mass is 35.5. The molecule has 1 aliphatic rings. The van der Waals surface area contributed by atoms with Crippen molar-refractivity contribution < 1.29 is 5.11 Å². The van der Waals surface area contributed by atoms with E-state index in [2.05, 4.69) is 0 Å². The molecule has 1 aliphatic carbocycles. The smallest absolute Gasteiger partial charge is 0.0948 e. The largest absolute Gasteiger partial charge is 0.387 e. The van der Waals surface area contributed by atoms with Crippen LogP contribution in [-0.2, 0) is 0 Å². The predicted molar refractivity (Wildman–Crippen MR) is 38.5 cm³/mol. The van der Waals surface area contributed by atoms with Gasteiger partial charge in [-0.3, -0.25) is 0 Å². The van der Waals surface area contributed by atoms with E-state index in [0.717, 1.165) is 0 Å². The van der Waals surface area contributed by atoms with Crippen LogP contribution in [0.2, 0.25) is 0 Å². The molecule has 2 unspecified atom stereocenters. The Morgan fingerprint density at radius 2 is 2.22 bits per heavy atom. The first-order chi connectivity index (χ1) is 4.13. The Morgan fingerprint density at radius 3 is 2.56 bits per heavy atom. The average Bonchev–Trinajstić information content (AvgIpc) is 1.77. The van der Waals surface area contributed by atoms with Gasteiger partial charge < -0.3 is 5.11 Å². The van der Waals surface area contributed by atoms with Gasteiger partial charge in [0.15, 0.2) is 0 Å². The summed E-state index contributed by atoms with van der Waals surface area (Å²) < 4.78 is 0. The number of hydrogen-bond donors (Lipinski definition) is 1. The molecule has 0 aromatic carbocycles. The topological polar surface area (TPSA) is 20.2 Å². The maximum Gasteiger partial charge on any atom is 0.0948 e. The van der Waals surface area contributed by atoms with Gasteiger partial charge in [-0.1, -0.05) is 24.3 Å². The summed E-state index contributed by atoms with van der Waals surface area (Å²) in [7, 11) is 0.